The Hall–Kier alpha value is -3.90. The maximum Gasteiger partial charge on any atom is 0.126 e. The van der Waals surface area contributed by atoms with E-state index in [1.54, 1.807) is 18.2 Å². The molecule has 3 nitrogen and oxygen atoms in total. The average Bonchev–Trinajstić information content (AvgIpc) is 3.45. The SMILES string of the molecule is CC(C)(C)Cc1cc(-c2[c-]cccc2)nc[c]1[Ge]([CH3])([CH3])[CH3].[2H]C([2H])([2H])c1cnc(-c2[c-]ccc3c2oc2cc(F)ccc23)cc1-c1ccccc1.[Ir]. The number of rotatable bonds is 5. The molecule has 251 valence electrons. The van der Waals surface area contributed by atoms with Crippen molar-refractivity contribution in [1.82, 2.24) is 9.97 Å². The number of fused-ring (bicyclic) bond motifs is 3. The van der Waals surface area contributed by atoms with Gasteiger partial charge in [0.1, 0.15) is 11.4 Å². The van der Waals surface area contributed by atoms with Crippen LogP contribution < -0.4 is 4.40 Å². The molecule has 0 unspecified atom stereocenters. The van der Waals surface area contributed by atoms with Crippen LogP contribution in [0.4, 0.5) is 4.39 Å². The molecule has 1 radical (unpaired) electrons. The number of halogens is 1. The van der Waals surface area contributed by atoms with Crippen molar-refractivity contribution < 1.29 is 33.0 Å². The standard InChI is InChI=1S/C24H15FNO.C19H26GeN.Ir/c1-15-14-26-22(13-21(15)16-6-3-2-4-7-16)20-9-5-8-19-18-11-10-17(25)12-23(18)27-24(19)20;1-19(2,3)13-16-12-18(15-10-8-7-9-11-15)21-14-17(16)20(4,5)6;/h2-8,10-14H,1H3;7-10,12,14H,13H2,1-6H3;/q2*-1;/i1D3;;. The first-order valence-electron chi connectivity index (χ1n) is 17.6. The monoisotopic (exact) mass is 890 g/mol. The molecule has 3 aromatic heterocycles. The van der Waals surface area contributed by atoms with E-state index in [1.807, 2.05) is 54.6 Å². The molecule has 0 aliphatic heterocycles. The summed E-state index contributed by atoms with van der Waals surface area (Å²) in [5.74, 6) is 6.95. The van der Waals surface area contributed by atoms with Crippen LogP contribution in [0.1, 0.15) is 36.0 Å². The van der Waals surface area contributed by atoms with E-state index in [0.717, 1.165) is 34.0 Å². The van der Waals surface area contributed by atoms with E-state index in [4.69, 9.17) is 13.5 Å². The fourth-order valence-corrected chi connectivity index (χ4v) is 9.25. The molecule has 3 heterocycles. The van der Waals surface area contributed by atoms with Crippen LogP contribution in [0.25, 0.3) is 55.6 Å². The summed E-state index contributed by atoms with van der Waals surface area (Å²) in [6, 6.07) is 35.9. The van der Waals surface area contributed by atoms with Gasteiger partial charge in [0.2, 0.25) is 0 Å². The molecule has 0 bridgehead atoms. The quantitative estimate of drug-likeness (QED) is 0.128. The second kappa shape index (κ2) is 14.9. The van der Waals surface area contributed by atoms with Crippen LogP contribution in [0.15, 0.2) is 114 Å². The van der Waals surface area contributed by atoms with E-state index in [9.17, 15) is 4.39 Å². The third-order valence-electron chi connectivity index (χ3n) is 8.14. The first-order valence-corrected chi connectivity index (χ1v) is 23.5. The van der Waals surface area contributed by atoms with Gasteiger partial charge in [0.25, 0.3) is 0 Å². The van der Waals surface area contributed by atoms with Crippen molar-refractivity contribution in [1.29, 1.82) is 0 Å². The zero-order valence-electron chi connectivity index (χ0n) is 31.6. The summed E-state index contributed by atoms with van der Waals surface area (Å²) < 4.78 is 44.8. The van der Waals surface area contributed by atoms with E-state index in [-0.39, 0.29) is 31.5 Å². The Balaban J connectivity index is 0.000000210. The molecule has 49 heavy (non-hydrogen) atoms. The van der Waals surface area contributed by atoms with Crippen molar-refractivity contribution in [3.8, 4) is 33.6 Å². The number of pyridine rings is 2. The number of nitrogens with zero attached hydrogens (tertiary/aromatic N) is 2. The zero-order chi connectivity index (χ0) is 36.6. The molecule has 0 fully saturated rings. The van der Waals surface area contributed by atoms with Crippen LogP contribution in [0.3, 0.4) is 0 Å². The fourth-order valence-electron chi connectivity index (χ4n) is 5.94. The Morgan fingerprint density at radius 1 is 0.816 bits per heavy atom. The molecule has 7 rings (SSSR count). The molecule has 0 aliphatic rings. The van der Waals surface area contributed by atoms with Gasteiger partial charge < -0.3 is 9.40 Å². The second-order valence-electron chi connectivity index (χ2n) is 14.3. The maximum absolute atomic E-state index is 13.7. The van der Waals surface area contributed by atoms with Gasteiger partial charge in [-0.15, -0.1) is 18.2 Å². The molecule has 0 spiro atoms. The van der Waals surface area contributed by atoms with E-state index in [1.165, 1.54) is 28.3 Å². The average molecular weight is 889 g/mol. The molecule has 0 N–H and O–H groups in total. The van der Waals surface area contributed by atoms with Crippen LogP contribution in [0.5, 0.6) is 0 Å². The molecule has 7 aromatic rings. The van der Waals surface area contributed by atoms with Gasteiger partial charge in [-0.2, -0.15) is 0 Å². The van der Waals surface area contributed by atoms with Crippen molar-refractivity contribution >= 4 is 39.6 Å². The Morgan fingerprint density at radius 2 is 1.57 bits per heavy atom. The van der Waals surface area contributed by atoms with Gasteiger partial charge in [-0.05, 0) is 41.4 Å². The molecular weight excluding hydrogens is 844 g/mol. The summed E-state index contributed by atoms with van der Waals surface area (Å²) >= 11 is -1.90. The van der Waals surface area contributed by atoms with E-state index >= 15 is 0 Å². The first-order chi connectivity index (χ1) is 24.1. The van der Waals surface area contributed by atoms with Gasteiger partial charge >= 0.3 is 132 Å². The summed E-state index contributed by atoms with van der Waals surface area (Å²) in [4.78, 5) is 9.14. The van der Waals surface area contributed by atoms with Gasteiger partial charge in [0.15, 0.2) is 0 Å². The summed E-state index contributed by atoms with van der Waals surface area (Å²) in [7, 11) is 0. The molecule has 0 amide bonds. The molecule has 6 heteroatoms. The molecule has 4 aromatic carbocycles. The second-order valence-corrected chi connectivity index (χ2v) is 24.9. The normalized spacial score (nSPS) is 12.8. The van der Waals surface area contributed by atoms with Crippen LogP contribution in [-0.4, -0.2) is 23.2 Å². The predicted molar refractivity (Wildman–Crippen MR) is 201 cm³/mol. The van der Waals surface area contributed by atoms with Crippen molar-refractivity contribution in [2.24, 2.45) is 5.41 Å². The van der Waals surface area contributed by atoms with Gasteiger partial charge in [-0.3, -0.25) is 0 Å². The molecule has 0 saturated carbocycles. The van der Waals surface area contributed by atoms with Crippen LogP contribution in [0.2, 0.25) is 17.3 Å². The first kappa shape index (κ1) is 32.3. The minimum absolute atomic E-state index is 0. The molecular formula is C43H41FGeIrN2O-2. The van der Waals surface area contributed by atoms with Gasteiger partial charge in [0.05, 0.1) is 5.58 Å². The van der Waals surface area contributed by atoms with Crippen LogP contribution in [-0.2, 0) is 26.5 Å². The Morgan fingerprint density at radius 3 is 2.27 bits per heavy atom. The van der Waals surface area contributed by atoms with E-state index < -0.39 is 20.1 Å². The summed E-state index contributed by atoms with van der Waals surface area (Å²) in [6.07, 6.45) is 4.63. The van der Waals surface area contributed by atoms with Crippen molar-refractivity contribution in [2.75, 3.05) is 0 Å². The van der Waals surface area contributed by atoms with E-state index in [0.29, 0.717) is 33.4 Å². The summed E-state index contributed by atoms with van der Waals surface area (Å²) in [5, 5.41) is 1.62. The number of hydrogen-bond acceptors (Lipinski definition) is 3. The Labute approximate surface area is 310 Å². The zero-order valence-corrected chi connectivity index (χ0v) is 33.1. The fraction of sp³-hybridized carbons (Fsp3) is 0.209. The number of benzene rings is 4. The van der Waals surface area contributed by atoms with Gasteiger partial charge in [-0.1, -0.05) is 47.3 Å². The number of hydrogen-bond donors (Lipinski definition) is 0. The number of furan rings is 1. The Bertz CT molecular complexity index is 2310. The minimum atomic E-state index is -2.30. The van der Waals surface area contributed by atoms with Crippen LogP contribution in [0, 0.1) is 30.2 Å². The largest absolute Gasteiger partial charge is 0.500 e. The van der Waals surface area contributed by atoms with Gasteiger partial charge in [-0.25, -0.2) is 4.39 Å². The predicted octanol–water partition coefficient (Wildman–Crippen LogP) is 11.2. The third kappa shape index (κ3) is 8.46. The summed E-state index contributed by atoms with van der Waals surface area (Å²) in [6.45, 7) is 4.62. The number of aromatic nitrogens is 2. The van der Waals surface area contributed by atoms with Crippen LogP contribution >= 0.6 is 0 Å². The van der Waals surface area contributed by atoms with Crippen molar-refractivity contribution in [3.05, 3.63) is 139 Å². The summed E-state index contributed by atoms with van der Waals surface area (Å²) in [5.41, 5.74) is 7.55. The van der Waals surface area contributed by atoms with Crippen molar-refractivity contribution in [2.45, 2.75) is 51.3 Å². The molecule has 0 aliphatic carbocycles. The van der Waals surface area contributed by atoms with E-state index in [2.05, 4.69) is 73.5 Å². The Kier molecular flexibility index (Phi) is 9.84. The van der Waals surface area contributed by atoms with Crippen molar-refractivity contribution in [3.63, 3.8) is 0 Å². The smallest absolute Gasteiger partial charge is 0.126 e. The molecule has 0 saturated heterocycles. The number of aryl methyl sites for hydroxylation is 1. The minimum Gasteiger partial charge on any atom is -0.500 e. The topological polar surface area (TPSA) is 38.9 Å². The third-order valence-corrected chi connectivity index (χ3v) is 12.5. The maximum atomic E-state index is 13.7. The van der Waals surface area contributed by atoms with Gasteiger partial charge in [0, 0.05) is 41.9 Å². The molecule has 0 atom stereocenters.